The van der Waals surface area contributed by atoms with E-state index in [9.17, 15) is 4.79 Å². The SMILES string of the molecule is CCC(C)CNC(=O)CC(C)c1ccc(N)cc1. The Morgan fingerprint density at radius 3 is 2.44 bits per heavy atom. The van der Waals surface area contributed by atoms with Crippen molar-refractivity contribution in [2.75, 3.05) is 12.3 Å². The maximum Gasteiger partial charge on any atom is 0.220 e. The predicted octanol–water partition coefficient (Wildman–Crippen LogP) is 2.92. The Kier molecular flexibility index (Phi) is 5.69. The number of nitrogens with one attached hydrogen (secondary N) is 1. The lowest BCUT2D eigenvalue weighted by Gasteiger charge is -2.14. The second kappa shape index (κ2) is 7.04. The number of hydrogen-bond acceptors (Lipinski definition) is 2. The van der Waals surface area contributed by atoms with Crippen LogP contribution in [0.4, 0.5) is 5.69 Å². The van der Waals surface area contributed by atoms with Gasteiger partial charge in [0, 0.05) is 18.7 Å². The van der Waals surface area contributed by atoms with Crippen molar-refractivity contribution in [1.29, 1.82) is 0 Å². The van der Waals surface area contributed by atoms with E-state index in [1.165, 1.54) is 0 Å². The van der Waals surface area contributed by atoms with Crippen LogP contribution in [0.3, 0.4) is 0 Å². The van der Waals surface area contributed by atoms with E-state index in [-0.39, 0.29) is 11.8 Å². The molecule has 0 heterocycles. The van der Waals surface area contributed by atoms with E-state index < -0.39 is 0 Å². The number of benzene rings is 1. The van der Waals surface area contributed by atoms with Gasteiger partial charge in [-0.05, 0) is 29.5 Å². The molecule has 0 bridgehead atoms. The van der Waals surface area contributed by atoms with Crippen molar-refractivity contribution >= 4 is 11.6 Å². The summed E-state index contributed by atoms with van der Waals surface area (Å²) in [5, 5.41) is 2.98. The minimum absolute atomic E-state index is 0.125. The van der Waals surface area contributed by atoms with Gasteiger partial charge in [-0.25, -0.2) is 0 Å². The van der Waals surface area contributed by atoms with Gasteiger partial charge in [0.2, 0.25) is 5.91 Å². The quantitative estimate of drug-likeness (QED) is 0.760. The summed E-state index contributed by atoms with van der Waals surface area (Å²) >= 11 is 0. The molecule has 1 amide bonds. The van der Waals surface area contributed by atoms with Crippen molar-refractivity contribution in [2.24, 2.45) is 5.92 Å². The molecule has 1 aromatic rings. The lowest BCUT2D eigenvalue weighted by Crippen LogP contribution is -2.28. The Morgan fingerprint density at radius 1 is 1.28 bits per heavy atom. The van der Waals surface area contributed by atoms with Crippen LogP contribution in [0.1, 0.15) is 45.1 Å². The van der Waals surface area contributed by atoms with Gasteiger partial charge in [-0.1, -0.05) is 39.3 Å². The molecule has 0 aromatic heterocycles. The topological polar surface area (TPSA) is 55.1 Å². The molecule has 2 unspecified atom stereocenters. The van der Waals surface area contributed by atoms with Gasteiger partial charge < -0.3 is 11.1 Å². The average molecular weight is 248 g/mol. The highest BCUT2D eigenvalue weighted by Gasteiger charge is 2.11. The third-order valence-electron chi connectivity index (χ3n) is 3.34. The molecule has 0 aliphatic carbocycles. The lowest BCUT2D eigenvalue weighted by molar-refractivity contribution is -0.121. The fraction of sp³-hybridized carbons (Fsp3) is 0.533. The molecular weight excluding hydrogens is 224 g/mol. The fourth-order valence-electron chi connectivity index (χ4n) is 1.73. The molecule has 3 heteroatoms. The van der Waals surface area contributed by atoms with E-state index in [4.69, 9.17) is 5.73 Å². The van der Waals surface area contributed by atoms with Crippen LogP contribution in [0.15, 0.2) is 24.3 Å². The normalized spacial score (nSPS) is 13.9. The van der Waals surface area contributed by atoms with Crippen LogP contribution in [0.25, 0.3) is 0 Å². The maximum atomic E-state index is 11.8. The van der Waals surface area contributed by atoms with Gasteiger partial charge in [0.1, 0.15) is 0 Å². The molecule has 0 fully saturated rings. The van der Waals surface area contributed by atoms with Gasteiger partial charge in [-0.3, -0.25) is 4.79 Å². The van der Waals surface area contributed by atoms with Crippen molar-refractivity contribution in [1.82, 2.24) is 5.32 Å². The van der Waals surface area contributed by atoms with Crippen molar-refractivity contribution in [3.8, 4) is 0 Å². The van der Waals surface area contributed by atoms with Crippen LogP contribution in [0.5, 0.6) is 0 Å². The zero-order valence-corrected chi connectivity index (χ0v) is 11.6. The van der Waals surface area contributed by atoms with Gasteiger partial charge in [0.25, 0.3) is 0 Å². The van der Waals surface area contributed by atoms with Crippen LogP contribution < -0.4 is 11.1 Å². The van der Waals surface area contributed by atoms with Gasteiger partial charge in [-0.2, -0.15) is 0 Å². The lowest BCUT2D eigenvalue weighted by atomic mass is 9.97. The molecule has 0 aliphatic heterocycles. The van der Waals surface area contributed by atoms with E-state index in [1.807, 2.05) is 24.3 Å². The number of hydrogen-bond donors (Lipinski definition) is 2. The van der Waals surface area contributed by atoms with Crippen LogP contribution in [0, 0.1) is 5.92 Å². The Balaban J connectivity index is 2.42. The van der Waals surface area contributed by atoms with E-state index in [1.54, 1.807) is 0 Å². The van der Waals surface area contributed by atoms with Crippen molar-refractivity contribution in [2.45, 2.75) is 39.5 Å². The van der Waals surface area contributed by atoms with Gasteiger partial charge in [0.15, 0.2) is 0 Å². The third-order valence-corrected chi connectivity index (χ3v) is 3.34. The first kappa shape index (κ1) is 14.6. The highest BCUT2D eigenvalue weighted by Crippen LogP contribution is 2.19. The molecule has 0 spiro atoms. The standard InChI is InChI=1S/C15H24N2O/c1-4-11(2)10-17-15(18)9-12(3)13-5-7-14(16)8-6-13/h5-8,11-12H,4,9-10,16H2,1-3H3,(H,17,18). The smallest absolute Gasteiger partial charge is 0.220 e. The number of amides is 1. The molecule has 0 saturated carbocycles. The van der Waals surface area contributed by atoms with Crippen molar-refractivity contribution in [3.05, 3.63) is 29.8 Å². The molecular formula is C15H24N2O. The fourth-order valence-corrected chi connectivity index (χ4v) is 1.73. The zero-order chi connectivity index (χ0) is 13.5. The number of carbonyl (C=O) groups is 1. The molecule has 2 atom stereocenters. The second-order valence-electron chi connectivity index (χ2n) is 5.09. The van der Waals surface area contributed by atoms with E-state index in [0.29, 0.717) is 12.3 Å². The third kappa shape index (κ3) is 4.78. The highest BCUT2D eigenvalue weighted by molar-refractivity contribution is 5.76. The minimum atomic E-state index is 0.125. The molecule has 100 valence electrons. The summed E-state index contributed by atoms with van der Waals surface area (Å²) < 4.78 is 0. The number of nitrogens with two attached hydrogens (primary N) is 1. The van der Waals surface area contributed by atoms with Crippen molar-refractivity contribution in [3.63, 3.8) is 0 Å². The molecule has 1 aromatic carbocycles. The van der Waals surface area contributed by atoms with Crippen LogP contribution in [0.2, 0.25) is 0 Å². The summed E-state index contributed by atoms with van der Waals surface area (Å²) in [6, 6.07) is 7.73. The monoisotopic (exact) mass is 248 g/mol. The molecule has 18 heavy (non-hydrogen) atoms. The number of anilines is 1. The Bertz CT molecular complexity index is 373. The number of rotatable bonds is 6. The van der Waals surface area contributed by atoms with E-state index in [0.717, 1.165) is 24.2 Å². The molecule has 0 aliphatic rings. The highest BCUT2D eigenvalue weighted by atomic mass is 16.1. The van der Waals surface area contributed by atoms with Gasteiger partial charge in [0.05, 0.1) is 0 Å². The molecule has 3 N–H and O–H groups in total. The average Bonchev–Trinajstić information content (AvgIpc) is 2.36. The molecule has 0 radical (unpaired) electrons. The van der Waals surface area contributed by atoms with Crippen LogP contribution in [-0.4, -0.2) is 12.5 Å². The predicted molar refractivity (Wildman–Crippen MR) is 76.4 cm³/mol. The first-order valence-corrected chi connectivity index (χ1v) is 6.65. The summed E-state index contributed by atoms with van der Waals surface area (Å²) in [4.78, 5) is 11.8. The van der Waals surface area contributed by atoms with Gasteiger partial charge >= 0.3 is 0 Å². The van der Waals surface area contributed by atoms with Gasteiger partial charge in [-0.15, -0.1) is 0 Å². The second-order valence-corrected chi connectivity index (χ2v) is 5.09. The summed E-state index contributed by atoms with van der Waals surface area (Å²) in [7, 11) is 0. The summed E-state index contributed by atoms with van der Waals surface area (Å²) in [6.45, 7) is 7.11. The molecule has 3 nitrogen and oxygen atoms in total. The number of nitrogen functional groups attached to an aromatic ring is 1. The first-order chi connectivity index (χ1) is 8.52. The number of carbonyl (C=O) groups excluding carboxylic acids is 1. The Morgan fingerprint density at radius 2 is 1.89 bits per heavy atom. The summed E-state index contributed by atoms with van der Waals surface area (Å²) in [5.41, 5.74) is 7.56. The zero-order valence-electron chi connectivity index (χ0n) is 11.6. The van der Waals surface area contributed by atoms with Crippen LogP contribution in [-0.2, 0) is 4.79 Å². The first-order valence-electron chi connectivity index (χ1n) is 6.65. The summed E-state index contributed by atoms with van der Waals surface area (Å²) in [6.07, 6.45) is 1.62. The minimum Gasteiger partial charge on any atom is -0.399 e. The Labute approximate surface area is 110 Å². The molecule has 0 saturated heterocycles. The van der Waals surface area contributed by atoms with Crippen molar-refractivity contribution < 1.29 is 4.79 Å². The van der Waals surface area contributed by atoms with E-state index >= 15 is 0 Å². The van der Waals surface area contributed by atoms with Crippen LogP contribution >= 0.6 is 0 Å². The molecule has 1 rings (SSSR count). The Hall–Kier alpha value is -1.51. The summed E-state index contributed by atoms with van der Waals surface area (Å²) in [5.74, 6) is 0.892. The van der Waals surface area contributed by atoms with E-state index in [2.05, 4.69) is 26.1 Å². The maximum absolute atomic E-state index is 11.8. The largest absolute Gasteiger partial charge is 0.399 e.